The smallest absolute Gasteiger partial charge is 0.231 e. The van der Waals surface area contributed by atoms with Crippen molar-refractivity contribution in [3.63, 3.8) is 0 Å². The molecule has 2 aliphatic rings. The van der Waals surface area contributed by atoms with Gasteiger partial charge < -0.3 is 28.8 Å². The normalized spacial score (nSPS) is 27.2. The second-order valence-electron chi connectivity index (χ2n) is 9.19. The molecular weight excluding hydrogens is 456 g/mol. The second kappa shape index (κ2) is 11.8. The van der Waals surface area contributed by atoms with E-state index in [2.05, 4.69) is 0 Å². The Morgan fingerprint density at radius 3 is 1.92 bits per heavy atom. The van der Waals surface area contributed by atoms with Crippen LogP contribution in [-0.2, 0) is 43.5 Å². The molecule has 0 radical (unpaired) electrons. The number of ether oxygens (including phenoxy) is 5. The van der Waals surface area contributed by atoms with E-state index in [1.54, 1.807) is 12.3 Å². The molecule has 1 fully saturated rings. The highest BCUT2D eigenvalue weighted by Gasteiger charge is 2.58. The van der Waals surface area contributed by atoms with Crippen molar-refractivity contribution in [1.82, 2.24) is 0 Å². The van der Waals surface area contributed by atoms with E-state index in [-0.39, 0.29) is 6.61 Å². The van der Waals surface area contributed by atoms with Crippen LogP contribution >= 0.6 is 0 Å². The van der Waals surface area contributed by atoms with Crippen LogP contribution < -0.4 is 0 Å². The summed E-state index contributed by atoms with van der Waals surface area (Å²) in [5.41, 5.74) is 1.70. The minimum Gasteiger partial charge on any atom is -0.470 e. The monoisotopic (exact) mass is 488 g/mol. The first-order valence-electron chi connectivity index (χ1n) is 12.3. The molecule has 0 aromatic heterocycles. The van der Waals surface area contributed by atoms with Crippen LogP contribution in [0, 0.1) is 0 Å². The van der Waals surface area contributed by atoms with Gasteiger partial charge in [-0.2, -0.15) is 0 Å². The molecule has 6 nitrogen and oxygen atoms in total. The largest absolute Gasteiger partial charge is 0.470 e. The number of aliphatic hydroxyl groups is 1. The van der Waals surface area contributed by atoms with Gasteiger partial charge in [0.15, 0.2) is 5.60 Å². The lowest BCUT2D eigenvalue weighted by Gasteiger charge is -2.51. The fourth-order valence-electron chi connectivity index (χ4n) is 4.66. The van der Waals surface area contributed by atoms with Crippen molar-refractivity contribution >= 4 is 0 Å². The van der Waals surface area contributed by atoms with Gasteiger partial charge in [-0.3, -0.25) is 0 Å². The molecule has 5 atom stereocenters. The number of hydrogen-bond donors (Lipinski definition) is 1. The molecule has 0 bridgehead atoms. The Hall–Kier alpha value is -3.00. The van der Waals surface area contributed by atoms with Crippen molar-refractivity contribution in [2.24, 2.45) is 0 Å². The van der Waals surface area contributed by atoms with Gasteiger partial charge in [0.1, 0.15) is 18.3 Å². The molecule has 1 saturated heterocycles. The van der Waals surface area contributed by atoms with E-state index in [9.17, 15) is 5.11 Å². The predicted molar refractivity (Wildman–Crippen MR) is 135 cm³/mol. The van der Waals surface area contributed by atoms with E-state index >= 15 is 0 Å². The van der Waals surface area contributed by atoms with Gasteiger partial charge in [0.05, 0.1) is 32.7 Å². The maximum atomic E-state index is 11.8. The zero-order chi connectivity index (χ0) is 24.6. The van der Waals surface area contributed by atoms with Gasteiger partial charge >= 0.3 is 0 Å². The van der Waals surface area contributed by atoms with E-state index in [1.165, 1.54) is 0 Å². The van der Waals surface area contributed by atoms with E-state index in [0.717, 1.165) is 16.7 Å². The SMILES string of the molecule is O[C@]12CC=CO[C@@H]1O[C@H](COCc1ccccc1)[C@@H](OCc1ccccc1)[C@@H]2OCc1ccccc1. The topological polar surface area (TPSA) is 66.4 Å². The van der Waals surface area contributed by atoms with E-state index in [1.807, 2.05) is 91.0 Å². The molecule has 3 aromatic rings. The molecule has 3 aromatic carbocycles. The van der Waals surface area contributed by atoms with Gasteiger partial charge in [0, 0.05) is 6.42 Å². The van der Waals surface area contributed by atoms with Crippen LogP contribution in [0.3, 0.4) is 0 Å². The van der Waals surface area contributed by atoms with Crippen molar-refractivity contribution in [2.75, 3.05) is 6.61 Å². The Kier molecular flexibility index (Phi) is 8.11. The maximum Gasteiger partial charge on any atom is 0.231 e. The van der Waals surface area contributed by atoms with Gasteiger partial charge in [-0.1, -0.05) is 91.0 Å². The molecule has 0 amide bonds. The first-order valence-corrected chi connectivity index (χ1v) is 12.3. The maximum absolute atomic E-state index is 11.8. The van der Waals surface area contributed by atoms with Gasteiger partial charge in [0.2, 0.25) is 6.29 Å². The molecule has 2 aliphatic heterocycles. The Morgan fingerprint density at radius 1 is 0.750 bits per heavy atom. The summed E-state index contributed by atoms with van der Waals surface area (Å²) < 4.78 is 30.9. The Morgan fingerprint density at radius 2 is 1.31 bits per heavy atom. The van der Waals surface area contributed by atoms with Crippen molar-refractivity contribution < 1.29 is 28.8 Å². The molecular formula is C30H32O6. The zero-order valence-corrected chi connectivity index (χ0v) is 20.1. The van der Waals surface area contributed by atoms with Crippen LogP contribution in [0.4, 0.5) is 0 Å². The Labute approximate surface area is 212 Å². The number of hydrogen-bond acceptors (Lipinski definition) is 6. The molecule has 5 rings (SSSR count). The summed E-state index contributed by atoms with van der Waals surface area (Å²) in [7, 11) is 0. The van der Waals surface area contributed by atoms with Crippen LogP contribution in [0.2, 0.25) is 0 Å². The van der Waals surface area contributed by atoms with Crippen molar-refractivity contribution in [3.05, 3.63) is 120 Å². The first kappa shape index (κ1) is 24.7. The Balaban J connectivity index is 1.37. The first-order chi connectivity index (χ1) is 17.7. The molecule has 0 saturated carbocycles. The summed E-state index contributed by atoms with van der Waals surface area (Å²) in [4.78, 5) is 0. The highest BCUT2D eigenvalue weighted by atomic mass is 16.7. The highest BCUT2D eigenvalue weighted by molar-refractivity contribution is 5.16. The number of benzene rings is 3. The summed E-state index contributed by atoms with van der Waals surface area (Å²) in [5.74, 6) is 0. The van der Waals surface area contributed by atoms with Gasteiger partial charge in [0.25, 0.3) is 0 Å². The molecule has 2 heterocycles. The van der Waals surface area contributed by atoms with Crippen LogP contribution in [0.1, 0.15) is 23.1 Å². The standard InChI is InChI=1S/C30H32O6/c31-30-17-10-18-33-29(30)36-26(22-32-19-23-11-4-1-5-12-23)27(34-20-24-13-6-2-7-14-24)28(30)35-21-25-15-8-3-9-16-25/h1-16,18,26-29,31H,17,19-22H2/t26-,27-,28+,29-,30+/m1/s1. The summed E-state index contributed by atoms with van der Waals surface area (Å²) in [5, 5.41) is 11.8. The minimum atomic E-state index is -1.40. The van der Waals surface area contributed by atoms with Crippen LogP contribution in [0.15, 0.2) is 103 Å². The summed E-state index contributed by atoms with van der Waals surface area (Å²) in [6, 6.07) is 29.8. The van der Waals surface area contributed by atoms with Crippen LogP contribution in [-0.4, -0.2) is 41.9 Å². The van der Waals surface area contributed by atoms with Crippen molar-refractivity contribution in [1.29, 1.82) is 0 Å². The molecule has 0 aliphatic carbocycles. The lowest BCUT2D eigenvalue weighted by Crippen LogP contribution is -2.68. The van der Waals surface area contributed by atoms with Crippen molar-refractivity contribution in [2.45, 2.75) is 56.4 Å². The zero-order valence-electron chi connectivity index (χ0n) is 20.1. The highest BCUT2D eigenvalue weighted by Crippen LogP contribution is 2.40. The third-order valence-corrected chi connectivity index (χ3v) is 6.56. The number of fused-ring (bicyclic) bond motifs is 1. The molecule has 1 N–H and O–H groups in total. The average molecular weight is 489 g/mol. The van der Waals surface area contributed by atoms with E-state index in [4.69, 9.17) is 23.7 Å². The third kappa shape index (κ3) is 5.86. The van der Waals surface area contributed by atoms with Gasteiger partial charge in [-0.15, -0.1) is 0 Å². The third-order valence-electron chi connectivity index (χ3n) is 6.56. The van der Waals surface area contributed by atoms with E-state index < -0.39 is 30.2 Å². The molecule has 0 unspecified atom stereocenters. The molecule has 188 valence electrons. The average Bonchev–Trinajstić information content (AvgIpc) is 2.93. The fourth-order valence-corrected chi connectivity index (χ4v) is 4.66. The van der Waals surface area contributed by atoms with Crippen molar-refractivity contribution in [3.8, 4) is 0 Å². The quantitative estimate of drug-likeness (QED) is 0.444. The second-order valence-corrected chi connectivity index (χ2v) is 9.19. The minimum absolute atomic E-state index is 0.263. The summed E-state index contributed by atoms with van der Waals surface area (Å²) >= 11 is 0. The fraction of sp³-hybridized carbons (Fsp3) is 0.333. The summed E-state index contributed by atoms with van der Waals surface area (Å²) in [6.07, 6.45) is 1.02. The van der Waals surface area contributed by atoms with Crippen LogP contribution in [0.5, 0.6) is 0 Å². The van der Waals surface area contributed by atoms with Gasteiger partial charge in [-0.05, 0) is 22.8 Å². The van der Waals surface area contributed by atoms with Crippen LogP contribution in [0.25, 0.3) is 0 Å². The molecule has 36 heavy (non-hydrogen) atoms. The molecule has 6 heteroatoms. The predicted octanol–water partition coefficient (Wildman–Crippen LogP) is 4.76. The van der Waals surface area contributed by atoms with Gasteiger partial charge in [-0.25, -0.2) is 0 Å². The Bertz CT molecular complexity index is 1090. The lowest BCUT2D eigenvalue weighted by molar-refractivity contribution is -0.349. The lowest BCUT2D eigenvalue weighted by atomic mass is 9.82. The number of rotatable bonds is 10. The summed E-state index contributed by atoms with van der Waals surface area (Å²) in [6.45, 7) is 1.39. The van der Waals surface area contributed by atoms with E-state index in [0.29, 0.717) is 26.2 Å². The molecule has 0 spiro atoms.